The van der Waals surface area contributed by atoms with Crippen LogP contribution < -0.4 is 10.1 Å². The molecule has 0 unspecified atom stereocenters. The minimum absolute atomic E-state index is 0.0614. The Morgan fingerprint density at radius 2 is 2.07 bits per heavy atom. The number of carbonyl (C=O) groups is 3. The van der Waals surface area contributed by atoms with Crippen LogP contribution in [-0.4, -0.2) is 30.9 Å². The fourth-order valence-electron chi connectivity index (χ4n) is 2.81. The molecule has 1 aliphatic heterocycles. The highest BCUT2D eigenvalue weighted by Crippen LogP contribution is 2.36. The lowest BCUT2D eigenvalue weighted by Crippen LogP contribution is -2.25. The van der Waals surface area contributed by atoms with Crippen LogP contribution in [0.2, 0.25) is 5.02 Å². The lowest BCUT2D eigenvalue weighted by Gasteiger charge is -2.18. The Morgan fingerprint density at radius 1 is 1.24 bits per heavy atom. The number of ketones is 1. The summed E-state index contributed by atoms with van der Waals surface area (Å²) in [6.07, 6.45) is 2.82. The summed E-state index contributed by atoms with van der Waals surface area (Å²) in [5.41, 5.74) is 0.719. The largest absolute Gasteiger partial charge is 0.482 e. The molecule has 2 aromatic carbocycles. The first-order chi connectivity index (χ1) is 14.0. The minimum Gasteiger partial charge on any atom is -0.482 e. The van der Waals surface area contributed by atoms with Gasteiger partial charge in [-0.2, -0.15) is 0 Å². The van der Waals surface area contributed by atoms with Gasteiger partial charge in [-0.05, 0) is 30.3 Å². The Hall–Kier alpha value is -3.16. The SMILES string of the molecule is O=C1COc2ccc(C(=O)COC(=O)/C=C/c3sc4ccccc4c3Cl)cc2N1. The Kier molecular flexibility index (Phi) is 5.33. The van der Waals surface area contributed by atoms with Crippen molar-refractivity contribution in [2.45, 2.75) is 0 Å². The van der Waals surface area contributed by atoms with Gasteiger partial charge in [0.15, 0.2) is 19.0 Å². The van der Waals surface area contributed by atoms with E-state index >= 15 is 0 Å². The first-order valence-electron chi connectivity index (χ1n) is 8.63. The van der Waals surface area contributed by atoms with Gasteiger partial charge in [0.2, 0.25) is 0 Å². The van der Waals surface area contributed by atoms with Crippen LogP contribution in [-0.2, 0) is 14.3 Å². The molecule has 4 rings (SSSR count). The average molecular weight is 428 g/mol. The molecule has 1 amide bonds. The molecule has 0 bridgehead atoms. The number of Topliss-reactive ketones (excluding diaryl/α,β-unsaturated/α-hetero) is 1. The molecule has 29 heavy (non-hydrogen) atoms. The molecule has 0 saturated carbocycles. The van der Waals surface area contributed by atoms with Crippen molar-refractivity contribution in [3.63, 3.8) is 0 Å². The second-order valence-electron chi connectivity index (χ2n) is 6.19. The van der Waals surface area contributed by atoms with E-state index in [0.717, 1.165) is 15.0 Å². The van der Waals surface area contributed by atoms with E-state index in [-0.39, 0.29) is 12.5 Å². The molecule has 3 aromatic rings. The number of benzene rings is 2. The number of halogens is 1. The van der Waals surface area contributed by atoms with Crippen LogP contribution in [0.25, 0.3) is 16.2 Å². The number of anilines is 1. The summed E-state index contributed by atoms with van der Waals surface area (Å²) in [5.74, 6) is -0.851. The quantitative estimate of drug-likeness (QED) is 0.372. The van der Waals surface area contributed by atoms with E-state index in [1.807, 2.05) is 24.3 Å². The van der Waals surface area contributed by atoms with Crippen molar-refractivity contribution in [2.24, 2.45) is 0 Å². The zero-order valence-electron chi connectivity index (χ0n) is 14.9. The van der Waals surface area contributed by atoms with Crippen molar-refractivity contribution in [3.8, 4) is 5.75 Å². The van der Waals surface area contributed by atoms with Gasteiger partial charge in [-0.1, -0.05) is 29.8 Å². The maximum atomic E-state index is 12.3. The highest BCUT2D eigenvalue weighted by atomic mass is 35.5. The molecule has 1 aliphatic rings. The maximum absolute atomic E-state index is 12.3. The zero-order chi connectivity index (χ0) is 20.4. The smallest absolute Gasteiger partial charge is 0.331 e. The van der Waals surface area contributed by atoms with Crippen LogP contribution in [0.1, 0.15) is 15.2 Å². The fourth-order valence-corrected chi connectivity index (χ4v) is 4.21. The zero-order valence-corrected chi connectivity index (χ0v) is 16.5. The molecule has 0 aliphatic carbocycles. The summed E-state index contributed by atoms with van der Waals surface area (Å²) in [4.78, 5) is 36.4. The Balaban J connectivity index is 1.38. The molecule has 0 atom stereocenters. The van der Waals surface area contributed by atoms with Crippen LogP contribution in [0, 0.1) is 0 Å². The van der Waals surface area contributed by atoms with Crippen molar-refractivity contribution in [2.75, 3.05) is 18.5 Å². The summed E-state index contributed by atoms with van der Waals surface area (Å²) in [6, 6.07) is 12.3. The fraction of sp³-hybridized carbons (Fsp3) is 0.0952. The van der Waals surface area contributed by atoms with Gasteiger partial charge in [0.1, 0.15) is 5.75 Å². The maximum Gasteiger partial charge on any atom is 0.331 e. The second kappa shape index (κ2) is 8.06. The summed E-state index contributed by atoms with van der Waals surface area (Å²) >= 11 is 7.79. The molecular weight excluding hydrogens is 414 g/mol. The Morgan fingerprint density at radius 3 is 2.90 bits per heavy atom. The van der Waals surface area contributed by atoms with E-state index in [1.54, 1.807) is 18.2 Å². The third-order valence-corrected chi connectivity index (χ3v) is 5.87. The summed E-state index contributed by atoms with van der Waals surface area (Å²) in [7, 11) is 0. The van der Waals surface area contributed by atoms with Crippen molar-refractivity contribution in [1.82, 2.24) is 0 Å². The molecule has 8 heteroatoms. The van der Waals surface area contributed by atoms with Gasteiger partial charge in [-0.3, -0.25) is 9.59 Å². The number of nitrogens with one attached hydrogen (secondary N) is 1. The van der Waals surface area contributed by atoms with E-state index < -0.39 is 18.4 Å². The third-order valence-electron chi connectivity index (χ3n) is 4.21. The second-order valence-corrected chi connectivity index (χ2v) is 7.65. The number of thiophene rings is 1. The molecule has 0 spiro atoms. The van der Waals surface area contributed by atoms with Crippen LogP contribution >= 0.6 is 22.9 Å². The summed E-state index contributed by atoms with van der Waals surface area (Å²) < 4.78 is 11.3. The number of hydrogen-bond donors (Lipinski definition) is 1. The number of hydrogen-bond acceptors (Lipinski definition) is 6. The summed E-state index contributed by atoms with van der Waals surface area (Å²) in [5, 5.41) is 4.12. The van der Waals surface area contributed by atoms with Crippen molar-refractivity contribution < 1.29 is 23.9 Å². The predicted octanol–water partition coefficient (Wildman–Crippen LogP) is 4.32. The average Bonchev–Trinajstić information content (AvgIpc) is 3.05. The molecule has 0 radical (unpaired) electrons. The normalized spacial score (nSPS) is 13.1. The number of carbonyl (C=O) groups excluding carboxylic acids is 3. The number of fused-ring (bicyclic) bond motifs is 2. The van der Waals surface area contributed by atoms with Crippen LogP contribution in [0.4, 0.5) is 5.69 Å². The number of esters is 1. The topological polar surface area (TPSA) is 81.7 Å². The lowest BCUT2D eigenvalue weighted by atomic mass is 10.1. The first kappa shape index (κ1) is 19.2. The highest BCUT2D eigenvalue weighted by molar-refractivity contribution is 7.20. The van der Waals surface area contributed by atoms with E-state index in [1.165, 1.54) is 23.5 Å². The first-order valence-corrected chi connectivity index (χ1v) is 9.82. The van der Waals surface area contributed by atoms with Gasteiger partial charge in [0, 0.05) is 26.6 Å². The molecule has 2 heterocycles. The van der Waals surface area contributed by atoms with Gasteiger partial charge >= 0.3 is 5.97 Å². The van der Waals surface area contributed by atoms with Crippen molar-refractivity contribution in [3.05, 3.63) is 64.0 Å². The molecule has 1 aromatic heterocycles. The molecular formula is C21H14ClNO5S. The lowest BCUT2D eigenvalue weighted by molar-refractivity contribution is -0.136. The van der Waals surface area contributed by atoms with E-state index in [2.05, 4.69) is 5.32 Å². The monoisotopic (exact) mass is 427 g/mol. The molecule has 146 valence electrons. The Labute approximate surface area is 174 Å². The van der Waals surface area contributed by atoms with Crippen LogP contribution in [0.15, 0.2) is 48.5 Å². The molecule has 0 saturated heterocycles. The van der Waals surface area contributed by atoms with Gasteiger partial charge < -0.3 is 14.8 Å². The Bertz CT molecular complexity index is 1170. The number of ether oxygens (including phenoxy) is 2. The van der Waals surface area contributed by atoms with Gasteiger partial charge in [0.25, 0.3) is 5.91 Å². The van der Waals surface area contributed by atoms with Crippen LogP contribution in [0.3, 0.4) is 0 Å². The minimum atomic E-state index is -0.651. The van der Waals surface area contributed by atoms with E-state index in [4.69, 9.17) is 21.1 Å². The van der Waals surface area contributed by atoms with Crippen molar-refractivity contribution in [1.29, 1.82) is 0 Å². The van der Waals surface area contributed by atoms with Gasteiger partial charge in [-0.25, -0.2) is 4.79 Å². The predicted molar refractivity (Wildman–Crippen MR) is 112 cm³/mol. The molecule has 0 fully saturated rings. The van der Waals surface area contributed by atoms with Gasteiger partial charge in [-0.15, -0.1) is 11.3 Å². The molecule has 6 nitrogen and oxygen atoms in total. The highest BCUT2D eigenvalue weighted by Gasteiger charge is 2.18. The molecule has 1 N–H and O–H groups in total. The van der Waals surface area contributed by atoms with Crippen LogP contribution in [0.5, 0.6) is 5.75 Å². The standard InChI is InChI=1S/C21H14ClNO5S/c22-21-13-3-1-2-4-17(13)29-18(21)7-8-20(26)28-10-15(24)12-5-6-16-14(9-12)23-19(25)11-27-16/h1-9H,10-11H2,(H,23,25)/b8-7+. The van der Waals surface area contributed by atoms with Crippen molar-refractivity contribution >= 4 is 62.4 Å². The van der Waals surface area contributed by atoms with Gasteiger partial charge in [0.05, 0.1) is 10.7 Å². The third kappa shape index (κ3) is 4.16. The van der Waals surface area contributed by atoms with E-state index in [9.17, 15) is 14.4 Å². The summed E-state index contributed by atoms with van der Waals surface area (Å²) in [6.45, 7) is -0.481. The number of amides is 1. The van der Waals surface area contributed by atoms with E-state index in [0.29, 0.717) is 22.0 Å². The number of rotatable bonds is 5.